The van der Waals surface area contributed by atoms with Gasteiger partial charge in [0.1, 0.15) is 35.5 Å². The fraction of sp³-hybridized carbons (Fsp3) is 0.426. The summed E-state index contributed by atoms with van der Waals surface area (Å²) in [5, 5.41) is 20.2. The molecule has 4 atom stereocenters. The highest BCUT2D eigenvalue weighted by Crippen LogP contribution is 2.40. The van der Waals surface area contributed by atoms with Gasteiger partial charge in [-0.05, 0) is 114 Å². The molecule has 12 rings (SSSR count). The number of hydrogen-bond acceptors (Lipinski definition) is 12. The van der Waals surface area contributed by atoms with Gasteiger partial charge in [-0.3, -0.25) is 23.0 Å². The van der Waals surface area contributed by atoms with Gasteiger partial charge in [0.2, 0.25) is 0 Å². The second kappa shape index (κ2) is 24.3. The number of nitrogens with one attached hydrogen (secondary N) is 2. The number of H-pyrrole nitrogens is 1. The highest BCUT2D eigenvalue weighted by atomic mass is 28.3. The molecule has 440 valence electrons. The number of ether oxygens (including phenoxy) is 4. The number of aliphatic carboxylic acids is 2. The Morgan fingerprint density at radius 2 is 1.27 bits per heavy atom. The lowest BCUT2D eigenvalue weighted by molar-refractivity contribution is -0.135. The molecule has 6 N–H and O–H groups in total. The summed E-state index contributed by atoms with van der Waals surface area (Å²) < 4.78 is 33.9. The topological polar surface area (TPSA) is 258 Å². The summed E-state index contributed by atoms with van der Waals surface area (Å²) in [6, 6.07) is 18.2. The molecule has 8 aromatic heterocycles. The molecule has 83 heavy (non-hydrogen) atoms. The van der Waals surface area contributed by atoms with Crippen molar-refractivity contribution in [1.82, 2.24) is 52.7 Å². The largest absolute Gasteiger partial charge is 0.497 e. The third-order valence-electron chi connectivity index (χ3n) is 15.1. The number of carboxylic acid groups (broad SMARTS) is 2. The summed E-state index contributed by atoms with van der Waals surface area (Å²) in [6.45, 7) is 16.0. The number of imidazole rings is 2. The quantitative estimate of drug-likeness (QED) is 0.0563. The van der Waals surface area contributed by atoms with Crippen LogP contribution >= 0.6 is 0 Å². The number of benzene rings is 2. The number of methoxy groups -OCH3 is 2. The molecule has 10 aromatic rings. The molecule has 2 aliphatic rings. The minimum Gasteiger partial charge on any atom is -0.497 e. The average Bonchev–Trinajstić information content (AvgIpc) is 1.99. The van der Waals surface area contributed by atoms with Gasteiger partial charge >= 0.3 is 6.09 Å². The van der Waals surface area contributed by atoms with Crippen LogP contribution in [0.4, 0.5) is 4.79 Å². The summed E-state index contributed by atoms with van der Waals surface area (Å²) in [6.07, 6.45) is 17.3. The average molecular weight is 1150 g/mol. The predicted molar refractivity (Wildman–Crippen MR) is 325 cm³/mol. The van der Waals surface area contributed by atoms with Crippen LogP contribution in [0.25, 0.3) is 77.7 Å². The van der Waals surface area contributed by atoms with Crippen LogP contribution in [-0.4, -0.2) is 122 Å². The zero-order chi connectivity index (χ0) is 59.7. The number of carbonyl (C=O) groups excluding carboxylic acids is 1. The highest BCUT2D eigenvalue weighted by Gasteiger charge is 2.33. The van der Waals surface area contributed by atoms with Gasteiger partial charge in [0.05, 0.1) is 72.5 Å². The number of carbonyl (C=O) groups is 3. The Morgan fingerprint density at radius 3 is 1.83 bits per heavy atom. The van der Waals surface area contributed by atoms with E-state index in [0.717, 1.165) is 159 Å². The lowest BCUT2D eigenvalue weighted by Crippen LogP contribution is -2.37. The molecule has 2 aromatic carbocycles. The molecule has 0 aliphatic heterocycles. The van der Waals surface area contributed by atoms with Crippen molar-refractivity contribution in [3.8, 4) is 34.0 Å². The number of aryl methyl sites for hydroxylation is 2. The fourth-order valence-electron chi connectivity index (χ4n) is 11.3. The summed E-state index contributed by atoms with van der Waals surface area (Å²) in [5.74, 6) is 2.68. The van der Waals surface area contributed by atoms with Gasteiger partial charge in [0, 0.05) is 112 Å². The van der Waals surface area contributed by atoms with Crippen LogP contribution < -0.4 is 20.5 Å². The predicted octanol–water partition coefficient (Wildman–Crippen LogP) is 11.5. The second-order valence-electron chi connectivity index (χ2n) is 23.9. The number of hydrogen-bond donors (Lipinski definition) is 5. The number of aromatic nitrogens is 10. The van der Waals surface area contributed by atoms with E-state index in [1.54, 1.807) is 14.2 Å². The Bertz CT molecular complexity index is 3960. The molecular weight excluding hydrogens is 1070 g/mol. The van der Waals surface area contributed by atoms with Gasteiger partial charge in [-0.15, -0.1) is 0 Å². The zero-order valence-corrected chi connectivity index (χ0v) is 50.6. The van der Waals surface area contributed by atoms with Gasteiger partial charge in [-0.25, -0.2) is 24.7 Å². The van der Waals surface area contributed by atoms with E-state index >= 15 is 0 Å². The number of nitrogens with zero attached hydrogens (tertiary/aromatic N) is 9. The molecule has 0 saturated heterocycles. The van der Waals surface area contributed by atoms with Crippen LogP contribution in [0, 0.1) is 0 Å². The number of aromatic amines is 1. The Hall–Kier alpha value is -8.21. The Balaban J connectivity index is 0.000000187. The van der Waals surface area contributed by atoms with Crippen molar-refractivity contribution in [2.24, 2.45) is 19.8 Å². The molecule has 8 heterocycles. The molecule has 22 heteroatoms. The SMILES string of the molecule is CC(=O)O.CC(=O)O.COc1ccc2c(c1)c(-c1cc3c(ncc4cnc([C@@H]5CC[C@H](N)C5)n43)[nH]1)cn2C.COc1ccc2c(c1)c(-c1cc3c(ncc4cnc([C@@H]5CC[C@H](NC(=O)OC(C)(C)C)C5)n43)n1COCC[Si](C)(C)C)cn2C. The van der Waals surface area contributed by atoms with Crippen LogP contribution in [0.15, 0.2) is 85.7 Å². The lowest BCUT2D eigenvalue weighted by atomic mass is 10.1. The Kier molecular flexibility index (Phi) is 17.4. The van der Waals surface area contributed by atoms with E-state index in [0.29, 0.717) is 19.3 Å². The van der Waals surface area contributed by atoms with Crippen LogP contribution in [0.2, 0.25) is 25.7 Å². The Morgan fingerprint density at radius 1 is 0.723 bits per heavy atom. The highest BCUT2D eigenvalue weighted by molar-refractivity contribution is 6.76. The third-order valence-corrected chi connectivity index (χ3v) is 16.8. The molecule has 2 fully saturated rings. The summed E-state index contributed by atoms with van der Waals surface area (Å²) in [5.41, 5.74) is 17.9. The fourth-order valence-corrected chi connectivity index (χ4v) is 12.1. The first-order valence-corrected chi connectivity index (χ1v) is 31.8. The second-order valence-corrected chi connectivity index (χ2v) is 29.6. The van der Waals surface area contributed by atoms with Gasteiger partial charge in [-0.1, -0.05) is 19.6 Å². The van der Waals surface area contributed by atoms with Crippen LogP contribution in [-0.2, 0) is 39.9 Å². The number of amides is 1. The molecular formula is C61H78N12O9Si. The third kappa shape index (κ3) is 13.3. The maximum atomic E-state index is 12.5. The first-order valence-electron chi connectivity index (χ1n) is 28.1. The van der Waals surface area contributed by atoms with Crippen LogP contribution in [0.3, 0.4) is 0 Å². The monoisotopic (exact) mass is 1150 g/mol. The summed E-state index contributed by atoms with van der Waals surface area (Å²) in [7, 11) is 6.29. The molecule has 21 nitrogen and oxygen atoms in total. The van der Waals surface area contributed by atoms with Crippen molar-refractivity contribution in [1.29, 1.82) is 0 Å². The number of rotatable bonds is 12. The standard InChI is InChI=1S/C34H46N6O4Si.C23H24N6O.2C2H4O2/c1-34(2,3)44-33(41)37-23-10-9-22(15-23)31-35-18-24-19-36-32-30(40(24)31)17-29(39(32)21-43-13-14-45(6,7)8)27-20-38(4)28-12-11-25(42-5)16-26(27)28;1-28-12-18(17-8-16(30-2)5-6-20(17)28)19-9-21-22(27-19)25-10-15-11-26-23(29(15)21)13-3-4-14(24)7-13;2*1-2(3)4/h11-12,16-20,22-23H,9-10,13-15,21H2,1-8H3,(H,37,41);5-6,8-14,27H,3-4,7,24H2,1-2H3;2*1H3,(H,3,4)/t22-,23+;13-,14+;;/m11../s1. The minimum absolute atomic E-state index is 0.0418. The number of carboxylic acids is 2. The van der Waals surface area contributed by atoms with E-state index in [9.17, 15) is 4.79 Å². The molecule has 2 aliphatic carbocycles. The van der Waals surface area contributed by atoms with Gasteiger partial charge in [0.15, 0.2) is 11.3 Å². The van der Waals surface area contributed by atoms with Crippen LogP contribution in [0.1, 0.15) is 96.6 Å². The van der Waals surface area contributed by atoms with Gasteiger partial charge in [-0.2, -0.15) is 0 Å². The van der Waals surface area contributed by atoms with Crippen molar-refractivity contribution < 1.29 is 43.5 Å². The normalized spacial score (nSPS) is 17.1. The molecule has 0 radical (unpaired) electrons. The zero-order valence-electron chi connectivity index (χ0n) is 49.6. The van der Waals surface area contributed by atoms with Crippen LogP contribution in [0.5, 0.6) is 11.5 Å². The van der Waals surface area contributed by atoms with Crippen molar-refractivity contribution in [2.45, 2.75) is 135 Å². The van der Waals surface area contributed by atoms with E-state index < -0.39 is 25.6 Å². The van der Waals surface area contributed by atoms with Gasteiger partial charge in [0.25, 0.3) is 11.9 Å². The number of alkyl carbamates (subject to hydrolysis) is 1. The van der Waals surface area contributed by atoms with Crippen molar-refractivity contribution in [2.75, 3.05) is 20.8 Å². The van der Waals surface area contributed by atoms with E-state index in [2.05, 4.69) is 120 Å². The lowest BCUT2D eigenvalue weighted by Gasteiger charge is -2.21. The molecule has 2 saturated carbocycles. The Labute approximate surface area is 482 Å². The van der Waals surface area contributed by atoms with E-state index in [1.807, 2.05) is 57.7 Å². The maximum Gasteiger partial charge on any atom is 0.407 e. The molecule has 1 amide bonds. The molecule has 0 unspecified atom stereocenters. The van der Waals surface area contributed by atoms with Crippen molar-refractivity contribution in [3.05, 3.63) is 97.4 Å². The van der Waals surface area contributed by atoms with E-state index in [-0.39, 0.29) is 24.1 Å². The molecule has 0 spiro atoms. The maximum absolute atomic E-state index is 12.5. The van der Waals surface area contributed by atoms with Gasteiger partial charge < -0.3 is 54.3 Å². The van der Waals surface area contributed by atoms with Crippen molar-refractivity contribution >= 4 is 81.3 Å². The minimum atomic E-state index is -1.25. The molecule has 0 bridgehead atoms. The summed E-state index contributed by atoms with van der Waals surface area (Å²) >= 11 is 0. The first-order chi connectivity index (χ1) is 39.4. The van der Waals surface area contributed by atoms with E-state index in [1.165, 1.54) is 0 Å². The van der Waals surface area contributed by atoms with E-state index in [4.69, 9.17) is 59.4 Å². The first kappa shape index (κ1) is 59.4. The number of fused-ring (bicyclic) bond motifs is 8. The van der Waals surface area contributed by atoms with Crippen molar-refractivity contribution in [3.63, 3.8) is 0 Å². The number of nitrogens with two attached hydrogens (primary N) is 1. The smallest absolute Gasteiger partial charge is 0.407 e. The summed E-state index contributed by atoms with van der Waals surface area (Å²) in [4.78, 5) is 53.3.